The van der Waals surface area contributed by atoms with E-state index in [0.29, 0.717) is 18.5 Å². The summed E-state index contributed by atoms with van der Waals surface area (Å²) >= 11 is 0. The lowest BCUT2D eigenvalue weighted by Crippen LogP contribution is -2.46. The Labute approximate surface area is 176 Å². The maximum atomic E-state index is 13.4. The number of carbonyl (C=O) groups is 2. The molecule has 0 saturated carbocycles. The molecular weight excluding hydrogens is 376 g/mol. The molecule has 0 bridgehead atoms. The summed E-state index contributed by atoms with van der Waals surface area (Å²) in [6.07, 6.45) is 0.513. The molecule has 152 valence electrons. The molecule has 2 atom stereocenters. The number of nitrogens with one attached hydrogen (secondary N) is 1. The highest BCUT2D eigenvalue weighted by molar-refractivity contribution is 6.01. The molecular formula is C25H24N2O3. The molecule has 0 spiro atoms. The summed E-state index contributed by atoms with van der Waals surface area (Å²) in [6.45, 7) is 0.195. The lowest BCUT2D eigenvalue weighted by atomic mass is 10.0. The maximum Gasteiger partial charge on any atom is 0.255 e. The van der Waals surface area contributed by atoms with Gasteiger partial charge in [-0.2, -0.15) is 0 Å². The zero-order chi connectivity index (χ0) is 20.9. The summed E-state index contributed by atoms with van der Waals surface area (Å²) in [5, 5.41) is 12.8. The van der Waals surface area contributed by atoms with E-state index in [1.165, 1.54) is 0 Å². The topological polar surface area (TPSA) is 69.6 Å². The molecule has 1 heterocycles. The van der Waals surface area contributed by atoms with E-state index in [-0.39, 0.29) is 18.4 Å². The molecule has 2 amide bonds. The largest absolute Gasteiger partial charge is 0.394 e. The van der Waals surface area contributed by atoms with Crippen LogP contribution in [0.15, 0.2) is 84.9 Å². The third kappa shape index (κ3) is 4.11. The lowest BCUT2D eigenvalue weighted by Gasteiger charge is -2.29. The van der Waals surface area contributed by atoms with Gasteiger partial charge in [-0.1, -0.05) is 78.9 Å². The van der Waals surface area contributed by atoms with Crippen LogP contribution in [0.5, 0.6) is 0 Å². The third-order valence-corrected chi connectivity index (χ3v) is 5.42. The van der Waals surface area contributed by atoms with Gasteiger partial charge in [-0.05, 0) is 29.2 Å². The van der Waals surface area contributed by atoms with E-state index < -0.39 is 12.1 Å². The molecule has 3 aromatic carbocycles. The predicted molar refractivity (Wildman–Crippen MR) is 115 cm³/mol. The van der Waals surface area contributed by atoms with Crippen LogP contribution in [0.1, 0.15) is 33.1 Å². The maximum absolute atomic E-state index is 13.4. The van der Waals surface area contributed by atoms with Crippen molar-refractivity contribution in [2.24, 2.45) is 0 Å². The first-order valence-corrected chi connectivity index (χ1v) is 10.1. The van der Waals surface area contributed by atoms with Crippen LogP contribution >= 0.6 is 0 Å². The summed E-state index contributed by atoms with van der Waals surface area (Å²) in [5.41, 5.74) is 3.32. The highest BCUT2D eigenvalue weighted by Gasteiger charge is 2.37. The molecule has 2 N–H and O–H groups in total. The number of fused-ring (bicyclic) bond motifs is 1. The van der Waals surface area contributed by atoms with Crippen molar-refractivity contribution in [2.45, 2.75) is 25.0 Å². The fourth-order valence-corrected chi connectivity index (χ4v) is 3.93. The van der Waals surface area contributed by atoms with Crippen LogP contribution in [0.4, 0.5) is 0 Å². The van der Waals surface area contributed by atoms with Gasteiger partial charge < -0.3 is 15.3 Å². The van der Waals surface area contributed by atoms with Crippen molar-refractivity contribution in [3.05, 3.63) is 107 Å². The van der Waals surface area contributed by atoms with E-state index in [0.717, 1.165) is 16.7 Å². The molecule has 0 radical (unpaired) electrons. The van der Waals surface area contributed by atoms with Crippen molar-refractivity contribution >= 4 is 11.8 Å². The van der Waals surface area contributed by atoms with Gasteiger partial charge in [0.1, 0.15) is 6.04 Å². The second-order valence-electron chi connectivity index (χ2n) is 7.48. The molecule has 0 saturated heterocycles. The van der Waals surface area contributed by atoms with Gasteiger partial charge in [-0.25, -0.2) is 0 Å². The number of nitrogens with zero attached hydrogens (tertiary/aromatic N) is 1. The Bertz CT molecular complexity index is 1020. The zero-order valence-corrected chi connectivity index (χ0v) is 16.6. The molecule has 4 rings (SSSR count). The molecule has 0 unspecified atom stereocenters. The summed E-state index contributed by atoms with van der Waals surface area (Å²) in [7, 11) is 0. The van der Waals surface area contributed by atoms with Gasteiger partial charge in [0.2, 0.25) is 5.91 Å². The smallest absolute Gasteiger partial charge is 0.255 e. The van der Waals surface area contributed by atoms with Crippen LogP contribution in [-0.4, -0.2) is 34.5 Å². The number of benzene rings is 3. The minimum absolute atomic E-state index is 0.154. The Hall–Kier alpha value is -3.44. The summed E-state index contributed by atoms with van der Waals surface area (Å²) < 4.78 is 0. The van der Waals surface area contributed by atoms with Gasteiger partial charge in [-0.15, -0.1) is 0 Å². The van der Waals surface area contributed by atoms with Crippen molar-refractivity contribution in [1.29, 1.82) is 0 Å². The van der Waals surface area contributed by atoms with Gasteiger partial charge >= 0.3 is 0 Å². The monoisotopic (exact) mass is 400 g/mol. The Morgan fingerprint density at radius 2 is 1.57 bits per heavy atom. The predicted octanol–water partition coefficient (Wildman–Crippen LogP) is 3.10. The van der Waals surface area contributed by atoms with Crippen molar-refractivity contribution in [3.8, 4) is 0 Å². The van der Waals surface area contributed by atoms with Gasteiger partial charge in [0.15, 0.2) is 0 Å². The normalized spacial score (nSPS) is 14.8. The number of amides is 2. The minimum atomic E-state index is -0.768. The number of rotatable bonds is 7. The first kappa shape index (κ1) is 19.9. The minimum Gasteiger partial charge on any atom is -0.394 e. The van der Waals surface area contributed by atoms with Crippen LogP contribution < -0.4 is 5.32 Å². The highest BCUT2D eigenvalue weighted by atomic mass is 16.3. The Balaban J connectivity index is 1.59. The van der Waals surface area contributed by atoms with E-state index in [1.54, 1.807) is 11.0 Å². The van der Waals surface area contributed by atoms with E-state index in [1.807, 2.05) is 78.9 Å². The fourth-order valence-electron chi connectivity index (χ4n) is 3.93. The van der Waals surface area contributed by atoms with Gasteiger partial charge in [-0.3, -0.25) is 9.59 Å². The first-order chi connectivity index (χ1) is 14.7. The fraction of sp³-hybridized carbons (Fsp3) is 0.200. The average Bonchev–Trinajstić information content (AvgIpc) is 3.11. The molecule has 0 aromatic heterocycles. The van der Waals surface area contributed by atoms with E-state index in [4.69, 9.17) is 0 Å². The quantitative estimate of drug-likeness (QED) is 0.640. The van der Waals surface area contributed by atoms with E-state index in [9.17, 15) is 14.7 Å². The third-order valence-electron chi connectivity index (χ3n) is 5.42. The van der Waals surface area contributed by atoms with Crippen molar-refractivity contribution in [2.75, 3.05) is 6.61 Å². The van der Waals surface area contributed by atoms with Crippen LogP contribution in [0.3, 0.4) is 0 Å². The second kappa shape index (κ2) is 8.93. The van der Waals surface area contributed by atoms with Crippen molar-refractivity contribution in [1.82, 2.24) is 10.2 Å². The van der Waals surface area contributed by atoms with Crippen LogP contribution in [0, 0.1) is 0 Å². The average molecular weight is 400 g/mol. The highest BCUT2D eigenvalue weighted by Crippen LogP contribution is 2.31. The molecule has 0 fully saturated rings. The molecule has 1 aliphatic heterocycles. The second-order valence-corrected chi connectivity index (χ2v) is 7.48. The summed E-state index contributed by atoms with van der Waals surface area (Å²) in [6, 6.07) is 25.2. The zero-order valence-electron chi connectivity index (χ0n) is 16.6. The summed E-state index contributed by atoms with van der Waals surface area (Å²) in [4.78, 5) is 28.0. The molecule has 3 aromatic rings. The van der Waals surface area contributed by atoms with Crippen molar-refractivity contribution in [3.63, 3.8) is 0 Å². The van der Waals surface area contributed by atoms with E-state index in [2.05, 4.69) is 5.32 Å². The molecule has 5 heteroatoms. The molecule has 5 nitrogen and oxygen atoms in total. The lowest BCUT2D eigenvalue weighted by molar-refractivity contribution is -0.127. The molecule has 0 aliphatic carbocycles. The molecule has 30 heavy (non-hydrogen) atoms. The van der Waals surface area contributed by atoms with Gasteiger partial charge in [0.25, 0.3) is 5.91 Å². The standard InChI is InChI=1S/C25H24N2O3/c28-17-21(15-18-9-3-1-4-10-18)26-24(29)23(19-11-5-2-6-12-19)27-16-20-13-7-8-14-22(20)25(27)30/h1-14,21,23,28H,15-17H2,(H,26,29)/t21-,23+/m1/s1. The summed E-state index contributed by atoms with van der Waals surface area (Å²) in [5.74, 6) is -0.449. The van der Waals surface area contributed by atoms with Crippen molar-refractivity contribution < 1.29 is 14.7 Å². The SMILES string of the molecule is O=C(N[C@@H](CO)Cc1ccccc1)[C@H](c1ccccc1)N1Cc2ccccc2C1=O. The number of hydrogen-bond donors (Lipinski definition) is 2. The van der Waals surface area contributed by atoms with Gasteiger partial charge in [0, 0.05) is 12.1 Å². The van der Waals surface area contributed by atoms with Crippen LogP contribution in [0.2, 0.25) is 0 Å². The Morgan fingerprint density at radius 1 is 0.933 bits per heavy atom. The first-order valence-electron chi connectivity index (χ1n) is 10.1. The van der Waals surface area contributed by atoms with Crippen LogP contribution in [0.25, 0.3) is 0 Å². The molecule has 1 aliphatic rings. The number of aliphatic hydroxyl groups is 1. The number of hydrogen-bond acceptors (Lipinski definition) is 3. The number of aliphatic hydroxyl groups excluding tert-OH is 1. The van der Waals surface area contributed by atoms with Crippen LogP contribution in [-0.2, 0) is 17.8 Å². The number of carbonyl (C=O) groups excluding carboxylic acids is 2. The Morgan fingerprint density at radius 3 is 2.23 bits per heavy atom. The van der Waals surface area contributed by atoms with Gasteiger partial charge in [0.05, 0.1) is 12.6 Å². The Kier molecular flexibility index (Phi) is 5.91. The van der Waals surface area contributed by atoms with E-state index >= 15 is 0 Å².